The lowest BCUT2D eigenvalue weighted by atomic mass is 10.1. The minimum Gasteiger partial charge on any atom is -0.395 e. The van der Waals surface area contributed by atoms with Crippen molar-refractivity contribution >= 4 is 11.5 Å². The molecule has 20 heavy (non-hydrogen) atoms. The van der Waals surface area contributed by atoms with Gasteiger partial charge in [-0.05, 0) is 18.9 Å². The average Bonchev–Trinajstić information content (AvgIpc) is 2.46. The van der Waals surface area contributed by atoms with Crippen LogP contribution in [0.5, 0.6) is 0 Å². The van der Waals surface area contributed by atoms with Crippen molar-refractivity contribution in [1.82, 2.24) is 4.98 Å². The number of rotatable bonds is 7. The number of hydrogen-bond acceptors (Lipinski definition) is 6. The second-order valence-electron chi connectivity index (χ2n) is 4.29. The Hall–Kier alpha value is -2.20. The SMILES string of the molecule is CCC(CC)N(CCO)c1ccc([N+](=O)[O-])c(C#N)n1. The highest BCUT2D eigenvalue weighted by Gasteiger charge is 2.21. The molecule has 0 spiro atoms. The number of nitriles is 1. The van der Waals surface area contributed by atoms with Gasteiger partial charge in [0.2, 0.25) is 5.69 Å². The molecule has 0 aliphatic carbocycles. The summed E-state index contributed by atoms with van der Waals surface area (Å²) >= 11 is 0. The molecule has 1 heterocycles. The highest BCUT2D eigenvalue weighted by molar-refractivity contribution is 5.52. The van der Waals surface area contributed by atoms with Gasteiger partial charge in [0.25, 0.3) is 0 Å². The van der Waals surface area contributed by atoms with Crippen molar-refractivity contribution in [2.24, 2.45) is 0 Å². The first-order valence-electron chi connectivity index (χ1n) is 6.52. The molecule has 0 saturated carbocycles. The molecule has 108 valence electrons. The van der Waals surface area contributed by atoms with E-state index in [0.717, 1.165) is 12.8 Å². The van der Waals surface area contributed by atoms with Crippen molar-refractivity contribution < 1.29 is 10.0 Å². The fourth-order valence-corrected chi connectivity index (χ4v) is 2.15. The van der Waals surface area contributed by atoms with Crippen LogP contribution in [-0.4, -0.2) is 34.2 Å². The first-order valence-corrected chi connectivity index (χ1v) is 6.52. The van der Waals surface area contributed by atoms with Crippen LogP contribution in [0.4, 0.5) is 11.5 Å². The number of pyridine rings is 1. The highest BCUT2D eigenvalue weighted by atomic mass is 16.6. The lowest BCUT2D eigenvalue weighted by Gasteiger charge is -2.31. The molecule has 0 aliphatic rings. The Morgan fingerprint density at radius 2 is 2.15 bits per heavy atom. The monoisotopic (exact) mass is 278 g/mol. The Bertz CT molecular complexity index is 509. The predicted octanol–water partition coefficient (Wildman–Crippen LogP) is 1.85. The third-order valence-electron chi connectivity index (χ3n) is 3.18. The maximum atomic E-state index is 10.8. The topological polar surface area (TPSA) is 103 Å². The normalized spacial score (nSPS) is 10.3. The van der Waals surface area contributed by atoms with Crippen LogP contribution >= 0.6 is 0 Å². The van der Waals surface area contributed by atoms with Gasteiger partial charge >= 0.3 is 5.69 Å². The van der Waals surface area contributed by atoms with Gasteiger partial charge in [-0.1, -0.05) is 13.8 Å². The third kappa shape index (κ3) is 3.42. The van der Waals surface area contributed by atoms with Gasteiger partial charge in [-0.3, -0.25) is 10.1 Å². The summed E-state index contributed by atoms with van der Waals surface area (Å²) in [6.45, 7) is 4.38. The molecule has 1 rings (SSSR count). The van der Waals surface area contributed by atoms with Gasteiger partial charge in [-0.25, -0.2) is 4.98 Å². The van der Waals surface area contributed by atoms with Crippen LogP contribution < -0.4 is 4.90 Å². The highest BCUT2D eigenvalue weighted by Crippen LogP contribution is 2.23. The minimum atomic E-state index is -0.622. The molecule has 7 heteroatoms. The molecular weight excluding hydrogens is 260 g/mol. The molecule has 0 unspecified atom stereocenters. The van der Waals surface area contributed by atoms with Gasteiger partial charge in [-0.15, -0.1) is 0 Å². The fraction of sp³-hybridized carbons (Fsp3) is 0.538. The third-order valence-corrected chi connectivity index (χ3v) is 3.18. The van der Waals surface area contributed by atoms with Crippen molar-refractivity contribution in [2.45, 2.75) is 32.7 Å². The number of hydrogen-bond donors (Lipinski definition) is 1. The van der Waals surface area contributed by atoms with E-state index in [0.29, 0.717) is 12.4 Å². The summed E-state index contributed by atoms with van der Waals surface area (Å²) in [6.07, 6.45) is 1.72. The van der Waals surface area contributed by atoms with Crippen LogP contribution in [0.1, 0.15) is 32.4 Å². The van der Waals surface area contributed by atoms with E-state index in [9.17, 15) is 10.1 Å². The van der Waals surface area contributed by atoms with Crippen molar-refractivity contribution in [3.05, 3.63) is 27.9 Å². The quantitative estimate of drug-likeness (QED) is 0.603. The molecule has 0 saturated heterocycles. The van der Waals surface area contributed by atoms with E-state index in [2.05, 4.69) is 4.98 Å². The van der Waals surface area contributed by atoms with Crippen LogP contribution in [0.3, 0.4) is 0 Å². The molecule has 0 atom stereocenters. The zero-order valence-corrected chi connectivity index (χ0v) is 11.6. The van der Waals surface area contributed by atoms with Crippen LogP contribution in [0, 0.1) is 21.4 Å². The van der Waals surface area contributed by atoms with E-state index in [1.165, 1.54) is 12.1 Å². The van der Waals surface area contributed by atoms with Gasteiger partial charge in [0.1, 0.15) is 11.9 Å². The van der Waals surface area contributed by atoms with Crippen molar-refractivity contribution in [2.75, 3.05) is 18.1 Å². The van der Waals surface area contributed by atoms with Gasteiger partial charge in [-0.2, -0.15) is 5.26 Å². The smallest absolute Gasteiger partial charge is 0.305 e. The zero-order valence-electron chi connectivity index (χ0n) is 11.6. The number of aliphatic hydroxyl groups excluding tert-OH is 1. The first-order chi connectivity index (χ1) is 9.58. The van der Waals surface area contributed by atoms with E-state index in [4.69, 9.17) is 10.4 Å². The maximum Gasteiger partial charge on any atom is 0.305 e. The molecule has 0 amide bonds. The van der Waals surface area contributed by atoms with E-state index < -0.39 is 4.92 Å². The summed E-state index contributed by atoms with van der Waals surface area (Å²) in [5.41, 5.74) is -0.508. The minimum absolute atomic E-state index is 0.0446. The predicted molar refractivity (Wildman–Crippen MR) is 74.4 cm³/mol. The van der Waals surface area contributed by atoms with E-state index in [1.54, 1.807) is 6.07 Å². The summed E-state index contributed by atoms with van der Waals surface area (Å²) in [5, 5.41) is 28.9. The van der Waals surface area contributed by atoms with Crippen LogP contribution in [0.25, 0.3) is 0 Å². The first kappa shape index (κ1) is 15.9. The molecule has 7 nitrogen and oxygen atoms in total. The molecule has 1 aromatic rings. The maximum absolute atomic E-state index is 10.8. The molecule has 0 bridgehead atoms. The number of aliphatic hydroxyl groups is 1. The van der Waals surface area contributed by atoms with E-state index in [1.807, 2.05) is 18.7 Å². The number of aromatic nitrogens is 1. The van der Waals surface area contributed by atoms with Crippen LogP contribution in [0.15, 0.2) is 12.1 Å². The summed E-state index contributed by atoms with van der Waals surface area (Å²) in [4.78, 5) is 16.1. The molecule has 1 aromatic heterocycles. The molecule has 0 aliphatic heterocycles. The van der Waals surface area contributed by atoms with Gasteiger partial charge in [0.05, 0.1) is 11.5 Å². The van der Waals surface area contributed by atoms with Crippen LogP contribution in [-0.2, 0) is 0 Å². The molecule has 0 aromatic carbocycles. The summed E-state index contributed by atoms with van der Waals surface area (Å²) < 4.78 is 0. The van der Waals surface area contributed by atoms with Gasteiger partial charge in [0.15, 0.2) is 0 Å². The molecular formula is C13H18N4O3. The van der Waals surface area contributed by atoms with Gasteiger partial charge < -0.3 is 10.0 Å². The summed E-state index contributed by atoms with van der Waals surface area (Å²) in [5.74, 6) is 0.481. The lowest BCUT2D eigenvalue weighted by Crippen LogP contribution is -2.37. The lowest BCUT2D eigenvalue weighted by molar-refractivity contribution is -0.385. The standard InChI is InChI=1S/C13H18N4O3/c1-3-10(4-2)16(7-8-18)13-6-5-12(17(19)20)11(9-14)15-13/h5-6,10,18H,3-4,7-8H2,1-2H3. The van der Waals surface area contributed by atoms with Crippen molar-refractivity contribution in [3.63, 3.8) is 0 Å². The Balaban J connectivity index is 3.21. The van der Waals surface area contributed by atoms with Crippen LogP contribution in [0.2, 0.25) is 0 Å². The second kappa shape index (κ2) is 7.40. The Labute approximate surface area is 117 Å². The summed E-state index contributed by atoms with van der Waals surface area (Å²) in [7, 11) is 0. The average molecular weight is 278 g/mol. The number of nitro groups is 1. The van der Waals surface area contributed by atoms with E-state index >= 15 is 0 Å². The number of nitrogens with zero attached hydrogens (tertiary/aromatic N) is 4. The van der Waals surface area contributed by atoms with E-state index in [-0.39, 0.29) is 24.0 Å². The van der Waals surface area contributed by atoms with Crippen molar-refractivity contribution in [1.29, 1.82) is 5.26 Å². The fourth-order valence-electron chi connectivity index (χ4n) is 2.15. The zero-order chi connectivity index (χ0) is 15.1. The molecule has 1 N–H and O–H groups in total. The summed E-state index contributed by atoms with van der Waals surface area (Å²) in [6, 6.07) is 4.72. The Morgan fingerprint density at radius 3 is 2.60 bits per heavy atom. The Kier molecular flexibility index (Phi) is 5.87. The second-order valence-corrected chi connectivity index (χ2v) is 4.29. The largest absolute Gasteiger partial charge is 0.395 e. The van der Waals surface area contributed by atoms with Crippen molar-refractivity contribution in [3.8, 4) is 6.07 Å². The molecule has 0 radical (unpaired) electrons. The Morgan fingerprint density at radius 1 is 1.50 bits per heavy atom. The van der Waals surface area contributed by atoms with Gasteiger partial charge in [0, 0.05) is 18.7 Å². The number of anilines is 1. The molecule has 0 fully saturated rings.